The van der Waals surface area contributed by atoms with Gasteiger partial charge >= 0.3 is 0 Å². The molecule has 4 nitrogen and oxygen atoms in total. The lowest BCUT2D eigenvalue weighted by atomic mass is 10.1. The first-order valence-electron chi connectivity index (χ1n) is 7.51. The molecule has 1 aromatic carbocycles. The Bertz CT molecular complexity index is 883. The normalized spacial score (nSPS) is 12.5. The Balaban J connectivity index is 2.23. The van der Waals surface area contributed by atoms with Crippen molar-refractivity contribution in [2.24, 2.45) is 0 Å². The fourth-order valence-electron chi connectivity index (χ4n) is 2.90. The number of benzene rings is 1. The predicted octanol–water partition coefficient (Wildman–Crippen LogP) is 3.41. The summed E-state index contributed by atoms with van der Waals surface area (Å²) in [6.45, 7) is 6.06. The highest BCUT2D eigenvalue weighted by atomic mass is 16.1. The first-order chi connectivity index (χ1) is 10.6. The zero-order chi connectivity index (χ0) is 15.7. The van der Waals surface area contributed by atoms with Crippen molar-refractivity contribution >= 4 is 10.9 Å². The molecule has 0 amide bonds. The van der Waals surface area contributed by atoms with Gasteiger partial charge in [0.1, 0.15) is 0 Å². The van der Waals surface area contributed by atoms with Gasteiger partial charge < -0.3 is 0 Å². The van der Waals surface area contributed by atoms with Crippen molar-refractivity contribution in [3.05, 3.63) is 70.0 Å². The Morgan fingerprint density at radius 3 is 2.59 bits per heavy atom. The van der Waals surface area contributed by atoms with Gasteiger partial charge in [-0.3, -0.25) is 14.3 Å². The molecule has 22 heavy (non-hydrogen) atoms. The van der Waals surface area contributed by atoms with Crippen LogP contribution >= 0.6 is 0 Å². The number of hydrogen-bond acceptors (Lipinski definition) is 3. The lowest BCUT2D eigenvalue weighted by molar-refractivity contribution is 0.528. The molecule has 0 N–H and O–H groups in total. The summed E-state index contributed by atoms with van der Waals surface area (Å²) in [6.07, 6.45) is 4.21. The molecule has 112 valence electrons. The van der Waals surface area contributed by atoms with Crippen molar-refractivity contribution in [3.8, 4) is 0 Å². The summed E-state index contributed by atoms with van der Waals surface area (Å²) in [5.41, 5.74) is 3.80. The van der Waals surface area contributed by atoms with E-state index in [1.807, 2.05) is 44.2 Å². The fourth-order valence-corrected chi connectivity index (χ4v) is 2.90. The molecular formula is C18H19N3O. The Morgan fingerprint density at radius 1 is 1.09 bits per heavy atom. The summed E-state index contributed by atoms with van der Waals surface area (Å²) in [5.74, 6) is 0. The minimum atomic E-state index is -0.0916. The molecule has 0 saturated heterocycles. The average molecular weight is 293 g/mol. The van der Waals surface area contributed by atoms with Crippen LogP contribution in [-0.4, -0.2) is 14.5 Å². The van der Waals surface area contributed by atoms with Gasteiger partial charge in [-0.2, -0.15) is 0 Å². The van der Waals surface area contributed by atoms with E-state index in [1.54, 1.807) is 17.1 Å². The van der Waals surface area contributed by atoms with Crippen molar-refractivity contribution in [2.75, 3.05) is 0 Å². The molecule has 4 heteroatoms. The van der Waals surface area contributed by atoms with Crippen molar-refractivity contribution in [2.45, 2.75) is 33.2 Å². The molecule has 2 aromatic heterocycles. The van der Waals surface area contributed by atoms with E-state index in [1.165, 1.54) is 0 Å². The molecule has 0 aliphatic carbocycles. The summed E-state index contributed by atoms with van der Waals surface area (Å²) < 4.78 is 1.71. The topological polar surface area (TPSA) is 47.8 Å². The number of aromatic nitrogens is 3. The zero-order valence-corrected chi connectivity index (χ0v) is 13.1. The van der Waals surface area contributed by atoms with E-state index >= 15 is 0 Å². The SMILES string of the molecule is CC[C@@H](c1ncccc1C)n1cnc2c(C)cccc2c1=O. The number of nitrogens with zero attached hydrogens (tertiary/aromatic N) is 3. The standard InChI is InChI=1S/C18H19N3O/c1-4-15(17-13(3)8-6-10-19-17)21-11-20-16-12(2)7-5-9-14(16)18(21)22/h5-11,15H,4H2,1-3H3/t15-/m0/s1. The monoisotopic (exact) mass is 293 g/mol. The van der Waals surface area contributed by atoms with Gasteiger partial charge in [0.25, 0.3) is 5.56 Å². The lowest BCUT2D eigenvalue weighted by Gasteiger charge is -2.19. The molecule has 0 saturated carbocycles. The van der Waals surface area contributed by atoms with Gasteiger partial charge in [-0.15, -0.1) is 0 Å². The third-order valence-electron chi connectivity index (χ3n) is 4.10. The Labute approximate surface area is 129 Å². The van der Waals surface area contributed by atoms with Crippen LogP contribution in [0.2, 0.25) is 0 Å². The molecule has 0 bridgehead atoms. The van der Waals surface area contributed by atoms with Gasteiger partial charge in [0.2, 0.25) is 0 Å². The maximum atomic E-state index is 12.9. The van der Waals surface area contributed by atoms with Crippen molar-refractivity contribution in [1.82, 2.24) is 14.5 Å². The Morgan fingerprint density at radius 2 is 1.86 bits per heavy atom. The number of para-hydroxylation sites is 1. The number of pyridine rings is 1. The van der Waals surface area contributed by atoms with Crippen LogP contribution in [0.3, 0.4) is 0 Å². The lowest BCUT2D eigenvalue weighted by Crippen LogP contribution is -2.27. The fraction of sp³-hybridized carbons (Fsp3) is 0.278. The largest absolute Gasteiger partial charge is 0.290 e. The van der Waals surface area contributed by atoms with E-state index < -0.39 is 0 Å². The van der Waals surface area contributed by atoms with Gasteiger partial charge in [0, 0.05) is 6.20 Å². The minimum absolute atomic E-state index is 0.00870. The molecule has 0 aliphatic heterocycles. The second-order valence-corrected chi connectivity index (χ2v) is 5.56. The Hall–Kier alpha value is -2.49. The van der Waals surface area contributed by atoms with Crippen molar-refractivity contribution in [1.29, 1.82) is 0 Å². The van der Waals surface area contributed by atoms with Crippen LogP contribution in [0.4, 0.5) is 0 Å². The third-order valence-corrected chi connectivity index (χ3v) is 4.10. The first-order valence-corrected chi connectivity index (χ1v) is 7.51. The molecule has 0 spiro atoms. The van der Waals surface area contributed by atoms with Gasteiger partial charge in [-0.1, -0.05) is 25.1 Å². The first kappa shape index (κ1) is 14.4. The summed E-state index contributed by atoms with van der Waals surface area (Å²) >= 11 is 0. The summed E-state index contributed by atoms with van der Waals surface area (Å²) in [5, 5.41) is 0.662. The van der Waals surface area contributed by atoms with Crippen LogP contribution in [-0.2, 0) is 0 Å². The molecule has 3 rings (SSSR count). The maximum absolute atomic E-state index is 12.9. The van der Waals surface area contributed by atoms with E-state index in [-0.39, 0.29) is 11.6 Å². The molecule has 0 radical (unpaired) electrons. The summed E-state index contributed by atoms with van der Waals surface area (Å²) in [7, 11) is 0. The Kier molecular flexibility index (Phi) is 3.75. The molecule has 2 heterocycles. The van der Waals surface area contributed by atoms with E-state index in [9.17, 15) is 4.79 Å². The van der Waals surface area contributed by atoms with Gasteiger partial charge in [0.15, 0.2) is 0 Å². The van der Waals surface area contributed by atoms with Crippen molar-refractivity contribution in [3.63, 3.8) is 0 Å². The number of hydrogen-bond donors (Lipinski definition) is 0. The van der Waals surface area contributed by atoms with Gasteiger partial charge in [-0.05, 0) is 43.5 Å². The number of fused-ring (bicyclic) bond motifs is 1. The average Bonchev–Trinajstić information content (AvgIpc) is 2.52. The molecule has 3 aromatic rings. The van der Waals surface area contributed by atoms with E-state index in [2.05, 4.69) is 16.9 Å². The van der Waals surface area contributed by atoms with E-state index in [0.717, 1.165) is 28.8 Å². The van der Waals surface area contributed by atoms with Crippen LogP contribution in [0.15, 0.2) is 47.7 Å². The molecular weight excluding hydrogens is 274 g/mol. The minimum Gasteiger partial charge on any atom is -0.290 e. The maximum Gasteiger partial charge on any atom is 0.261 e. The highest BCUT2D eigenvalue weighted by Gasteiger charge is 2.18. The zero-order valence-electron chi connectivity index (χ0n) is 13.1. The molecule has 1 atom stereocenters. The second kappa shape index (κ2) is 5.72. The van der Waals surface area contributed by atoms with E-state index in [4.69, 9.17) is 0 Å². The van der Waals surface area contributed by atoms with Gasteiger partial charge in [-0.25, -0.2) is 4.98 Å². The highest BCUT2D eigenvalue weighted by Crippen LogP contribution is 2.22. The number of rotatable bonds is 3. The highest BCUT2D eigenvalue weighted by molar-refractivity contribution is 5.80. The predicted molar refractivity (Wildman–Crippen MR) is 88.1 cm³/mol. The molecule has 0 aliphatic rings. The number of aryl methyl sites for hydroxylation is 2. The second-order valence-electron chi connectivity index (χ2n) is 5.56. The summed E-state index contributed by atoms with van der Waals surface area (Å²) in [4.78, 5) is 21.8. The van der Waals surface area contributed by atoms with E-state index in [0.29, 0.717) is 5.39 Å². The summed E-state index contributed by atoms with van der Waals surface area (Å²) in [6, 6.07) is 9.56. The van der Waals surface area contributed by atoms with Crippen LogP contribution in [0.1, 0.15) is 36.2 Å². The third kappa shape index (κ3) is 2.30. The van der Waals surface area contributed by atoms with Crippen LogP contribution in [0, 0.1) is 13.8 Å². The quantitative estimate of drug-likeness (QED) is 0.743. The smallest absolute Gasteiger partial charge is 0.261 e. The van der Waals surface area contributed by atoms with Gasteiger partial charge in [0.05, 0.1) is 29.0 Å². The molecule has 0 fully saturated rings. The van der Waals surface area contributed by atoms with Crippen LogP contribution in [0.25, 0.3) is 10.9 Å². The van der Waals surface area contributed by atoms with Crippen molar-refractivity contribution < 1.29 is 0 Å². The van der Waals surface area contributed by atoms with Crippen LogP contribution < -0.4 is 5.56 Å². The molecule has 0 unspecified atom stereocenters. The van der Waals surface area contributed by atoms with Crippen LogP contribution in [0.5, 0.6) is 0 Å².